The number of pyridine rings is 1. The van der Waals surface area contributed by atoms with Crippen LogP contribution in [0.3, 0.4) is 0 Å². The normalized spacial score (nSPS) is 10.7. The molecule has 3 aromatic heterocycles. The van der Waals surface area contributed by atoms with E-state index in [1.54, 1.807) is 60.8 Å². The van der Waals surface area contributed by atoms with Gasteiger partial charge in [-0.3, -0.25) is 9.59 Å². The molecular formula is C26H17N5O3. The number of carbonyl (C=O) groups is 1. The number of anilines is 1. The van der Waals surface area contributed by atoms with Crippen LogP contribution in [0.2, 0.25) is 0 Å². The van der Waals surface area contributed by atoms with Gasteiger partial charge in [-0.25, -0.2) is 4.98 Å². The number of nitriles is 1. The van der Waals surface area contributed by atoms with Crippen molar-refractivity contribution < 1.29 is 9.21 Å². The number of hydrogen-bond donors (Lipinski definition) is 1. The third-order valence-corrected chi connectivity index (χ3v) is 5.30. The van der Waals surface area contributed by atoms with E-state index in [1.807, 2.05) is 19.1 Å². The highest BCUT2D eigenvalue weighted by Crippen LogP contribution is 2.24. The maximum Gasteiger partial charge on any atom is 0.256 e. The van der Waals surface area contributed by atoms with Gasteiger partial charge < -0.3 is 9.73 Å². The standard InChI is InChI=1S/C26H17N5O3/c1-16-5-10-22-20(12-16)21(32)13-23(34-22)17-6-8-18(9-7-17)26(33)30-25-19(14-27)15-29-31(25)24-4-2-3-11-28-24/h2-13,15H,1H3,(H,30,33). The number of aryl methyl sites for hydroxylation is 1. The van der Waals surface area contributed by atoms with Crippen LogP contribution in [0.4, 0.5) is 5.82 Å². The zero-order valence-corrected chi connectivity index (χ0v) is 18.0. The second-order valence-electron chi connectivity index (χ2n) is 7.62. The van der Waals surface area contributed by atoms with Crippen molar-refractivity contribution in [3.05, 3.63) is 106 Å². The van der Waals surface area contributed by atoms with E-state index in [9.17, 15) is 14.9 Å². The molecule has 0 aliphatic heterocycles. The molecule has 164 valence electrons. The summed E-state index contributed by atoms with van der Waals surface area (Å²) in [5, 5.41) is 16.9. The largest absolute Gasteiger partial charge is 0.456 e. The maximum absolute atomic E-state index is 12.9. The van der Waals surface area contributed by atoms with Gasteiger partial charge in [0.1, 0.15) is 23.0 Å². The van der Waals surface area contributed by atoms with Crippen LogP contribution >= 0.6 is 0 Å². The average molecular weight is 447 g/mol. The Bertz CT molecular complexity index is 1630. The van der Waals surface area contributed by atoms with E-state index in [1.165, 1.54) is 16.9 Å². The van der Waals surface area contributed by atoms with Gasteiger partial charge in [-0.15, -0.1) is 0 Å². The Morgan fingerprint density at radius 1 is 1.09 bits per heavy atom. The molecule has 8 heteroatoms. The molecular weight excluding hydrogens is 430 g/mol. The smallest absolute Gasteiger partial charge is 0.256 e. The number of nitrogens with zero attached hydrogens (tertiary/aromatic N) is 4. The van der Waals surface area contributed by atoms with Gasteiger partial charge in [0.25, 0.3) is 5.91 Å². The zero-order valence-electron chi connectivity index (χ0n) is 18.0. The second-order valence-corrected chi connectivity index (χ2v) is 7.62. The van der Waals surface area contributed by atoms with Gasteiger partial charge in [0.05, 0.1) is 11.6 Å². The van der Waals surface area contributed by atoms with Gasteiger partial charge in [-0.1, -0.05) is 29.8 Å². The number of rotatable bonds is 4. The monoisotopic (exact) mass is 447 g/mol. The third-order valence-electron chi connectivity index (χ3n) is 5.30. The zero-order chi connectivity index (χ0) is 23.7. The summed E-state index contributed by atoms with van der Waals surface area (Å²) < 4.78 is 7.31. The summed E-state index contributed by atoms with van der Waals surface area (Å²) in [6.07, 6.45) is 2.97. The van der Waals surface area contributed by atoms with Gasteiger partial charge >= 0.3 is 0 Å². The molecule has 0 saturated heterocycles. The summed E-state index contributed by atoms with van der Waals surface area (Å²) in [6, 6.07) is 20.8. The fraction of sp³-hybridized carbons (Fsp3) is 0.0385. The summed E-state index contributed by atoms with van der Waals surface area (Å²) in [4.78, 5) is 29.7. The van der Waals surface area contributed by atoms with Crippen molar-refractivity contribution in [1.29, 1.82) is 5.26 Å². The minimum atomic E-state index is -0.420. The summed E-state index contributed by atoms with van der Waals surface area (Å²) in [5.74, 6) is 0.687. The average Bonchev–Trinajstić information content (AvgIpc) is 3.27. The molecule has 3 heterocycles. The Balaban J connectivity index is 1.43. The molecule has 0 unspecified atom stereocenters. The van der Waals surface area contributed by atoms with Crippen molar-refractivity contribution >= 4 is 22.7 Å². The molecule has 0 spiro atoms. The van der Waals surface area contributed by atoms with Crippen molar-refractivity contribution in [1.82, 2.24) is 14.8 Å². The van der Waals surface area contributed by atoms with Crippen molar-refractivity contribution in [2.24, 2.45) is 0 Å². The van der Waals surface area contributed by atoms with Crippen molar-refractivity contribution in [3.8, 4) is 23.2 Å². The number of carbonyl (C=O) groups excluding carboxylic acids is 1. The van der Waals surface area contributed by atoms with Crippen molar-refractivity contribution in [2.75, 3.05) is 5.32 Å². The van der Waals surface area contributed by atoms with Crippen LogP contribution in [0.1, 0.15) is 21.5 Å². The molecule has 1 amide bonds. The van der Waals surface area contributed by atoms with Crippen LogP contribution in [0.15, 0.2) is 88.3 Å². The van der Waals surface area contributed by atoms with E-state index in [-0.39, 0.29) is 16.8 Å². The molecule has 0 bridgehead atoms. The van der Waals surface area contributed by atoms with Crippen LogP contribution in [-0.2, 0) is 0 Å². The number of aromatic nitrogens is 3. The van der Waals surface area contributed by atoms with E-state index in [0.717, 1.165) is 5.56 Å². The first kappa shape index (κ1) is 20.8. The lowest BCUT2D eigenvalue weighted by atomic mass is 10.1. The van der Waals surface area contributed by atoms with Crippen LogP contribution in [0.25, 0.3) is 28.1 Å². The summed E-state index contributed by atoms with van der Waals surface area (Å²) in [6.45, 7) is 1.92. The fourth-order valence-corrected chi connectivity index (χ4v) is 3.58. The first-order valence-electron chi connectivity index (χ1n) is 10.4. The fourth-order valence-electron chi connectivity index (χ4n) is 3.58. The summed E-state index contributed by atoms with van der Waals surface area (Å²) >= 11 is 0. The molecule has 5 aromatic rings. The molecule has 0 radical (unpaired) electrons. The summed E-state index contributed by atoms with van der Waals surface area (Å²) in [7, 11) is 0. The van der Waals surface area contributed by atoms with Gasteiger partial charge in [0, 0.05) is 23.4 Å². The van der Waals surface area contributed by atoms with Gasteiger partial charge in [-0.2, -0.15) is 15.0 Å². The molecule has 1 N–H and O–H groups in total. The highest BCUT2D eigenvalue weighted by Gasteiger charge is 2.17. The SMILES string of the molecule is Cc1ccc2oc(-c3ccc(C(=O)Nc4c(C#N)cnn4-c4ccccn4)cc3)cc(=O)c2c1. The minimum Gasteiger partial charge on any atom is -0.456 e. The topological polar surface area (TPSA) is 114 Å². The minimum absolute atomic E-state index is 0.131. The summed E-state index contributed by atoms with van der Waals surface area (Å²) in [5.41, 5.74) is 2.58. The van der Waals surface area contributed by atoms with Gasteiger partial charge in [-0.05, 0) is 43.3 Å². The van der Waals surface area contributed by atoms with E-state index in [0.29, 0.717) is 33.7 Å². The third kappa shape index (κ3) is 3.82. The Labute approximate surface area is 193 Å². The van der Waals surface area contributed by atoms with E-state index < -0.39 is 5.91 Å². The molecule has 0 aliphatic rings. The predicted octanol–water partition coefficient (Wildman–Crippen LogP) is 4.47. The van der Waals surface area contributed by atoms with E-state index in [2.05, 4.69) is 15.4 Å². The van der Waals surface area contributed by atoms with Crippen LogP contribution in [-0.4, -0.2) is 20.7 Å². The number of hydrogen-bond acceptors (Lipinski definition) is 6. The Morgan fingerprint density at radius 3 is 2.65 bits per heavy atom. The molecule has 5 rings (SSSR count). The number of benzene rings is 2. The van der Waals surface area contributed by atoms with Gasteiger partial charge in [0.2, 0.25) is 0 Å². The maximum atomic E-state index is 12.9. The van der Waals surface area contributed by atoms with Crippen molar-refractivity contribution in [2.45, 2.75) is 6.92 Å². The highest BCUT2D eigenvalue weighted by atomic mass is 16.3. The number of nitrogens with one attached hydrogen (secondary N) is 1. The molecule has 0 saturated carbocycles. The lowest BCUT2D eigenvalue weighted by Crippen LogP contribution is -2.16. The van der Waals surface area contributed by atoms with Crippen LogP contribution in [0.5, 0.6) is 0 Å². The van der Waals surface area contributed by atoms with Crippen molar-refractivity contribution in [3.63, 3.8) is 0 Å². The molecule has 0 atom stereocenters. The quantitative estimate of drug-likeness (QED) is 0.435. The molecule has 8 nitrogen and oxygen atoms in total. The lowest BCUT2D eigenvalue weighted by Gasteiger charge is -2.09. The Morgan fingerprint density at radius 2 is 1.91 bits per heavy atom. The number of fused-ring (bicyclic) bond motifs is 1. The molecule has 0 aliphatic carbocycles. The molecule has 2 aromatic carbocycles. The highest BCUT2D eigenvalue weighted by molar-refractivity contribution is 6.04. The predicted molar refractivity (Wildman–Crippen MR) is 127 cm³/mol. The van der Waals surface area contributed by atoms with E-state index in [4.69, 9.17) is 4.42 Å². The second kappa shape index (κ2) is 8.48. The molecule has 0 fully saturated rings. The van der Waals surface area contributed by atoms with Gasteiger partial charge in [0.15, 0.2) is 17.1 Å². The number of amides is 1. The first-order chi connectivity index (χ1) is 16.5. The Kier molecular flexibility index (Phi) is 5.20. The van der Waals surface area contributed by atoms with Crippen LogP contribution in [0, 0.1) is 18.3 Å². The lowest BCUT2D eigenvalue weighted by molar-refractivity contribution is 0.102. The van der Waals surface area contributed by atoms with E-state index >= 15 is 0 Å². The van der Waals surface area contributed by atoms with Crippen LogP contribution < -0.4 is 10.7 Å². The first-order valence-corrected chi connectivity index (χ1v) is 10.4. The molecule has 34 heavy (non-hydrogen) atoms. The Hall–Kier alpha value is -5.03.